The van der Waals surface area contributed by atoms with Crippen LogP contribution in [0, 0.1) is 47.3 Å². The number of ether oxygens (including phenoxy) is 3. The fourth-order valence-corrected chi connectivity index (χ4v) is 13.2. The van der Waals surface area contributed by atoms with Crippen molar-refractivity contribution < 1.29 is 67.3 Å². The number of ketones is 4. The predicted molar refractivity (Wildman–Crippen MR) is 319 cm³/mol. The average Bonchev–Trinajstić information content (AvgIpc) is 3.19. The Kier molecular flexibility index (Phi) is 28.0. The summed E-state index contributed by atoms with van der Waals surface area (Å²) in [5, 5.41) is 19.6. The molecule has 2 bridgehead atoms. The first-order valence-corrected chi connectivity index (χ1v) is 31.0. The lowest BCUT2D eigenvalue weighted by atomic mass is 9.83. The van der Waals surface area contributed by atoms with E-state index < -0.39 is 77.8 Å². The van der Waals surface area contributed by atoms with Gasteiger partial charge in [-0.25, -0.2) is 4.79 Å². The van der Waals surface area contributed by atoms with E-state index in [0.717, 1.165) is 36.1 Å². The summed E-state index contributed by atoms with van der Waals surface area (Å²) in [5.41, 5.74) is 6.70. The van der Waals surface area contributed by atoms with E-state index in [-0.39, 0.29) is 137 Å². The molecule has 0 spiro atoms. The minimum Gasteiger partial charge on any atom is -0.396 e. The van der Waals surface area contributed by atoms with Gasteiger partial charge in [-0.2, -0.15) is 0 Å². The highest BCUT2D eigenvalue weighted by Crippen LogP contribution is 2.38. The van der Waals surface area contributed by atoms with Gasteiger partial charge in [0.25, 0.3) is 11.8 Å². The summed E-state index contributed by atoms with van der Waals surface area (Å²) >= 11 is 0. The van der Waals surface area contributed by atoms with Gasteiger partial charge >= 0.3 is 6.03 Å². The van der Waals surface area contributed by atoms with Crippen LogP contribution in [0.2, 0.25) is 0 Å². The lowest BCUT2D eigenvalue weighted by Crippen LogP contribution is -2.54. The molecule has 21 heteroatoms. The number of nitrogens with two attached hydrogens (primary N) is 1. The van der Waals surface area contributed by atoms with Crippen molar-refractivity contribution in [2.75, 3.05) is 60.7 Å². The number of Topliss-reactive ketones (excluding diaryl/α,β-unsaturated/α-hetero) is 4. The molecule has 6 N–H and O–H groups in total. The Hall–Kier alpha value is -5.74. The third-order valence-electron chi connectivity index (χ3n) is 18.4. The van der Waals surface area contributed by atoms with Crippen LogP contribution in [0.15, 0.2) is 36.4 Å². The number of piperidine rings is 1. The number of carbonyl (C=O) groups is 10. The second kappa shape index (κ2) is 34.0. The van der Waals surface area contributed by atoms with E-state index in [1.165, 1.54) is 19.3 Å². The minimum atomic E-state index is -0.971. The van der Waals surface area contributed by atoms with Gasteiger partial charge in [-0.15, -0.1) is 0 Å². The summed E-state index contributed by atoms with van der Waals surface area (Å²) in [4.78, 5) is 138. The number of nitrogens with one attached hydrogen (secondary N) is 3. The Labute approximate surface area is 503 Å². The maximum atomic E-state index is 14.5. The Morgan fingerprint density at radius 2 is 1.55 bits per heavy atom. The summed E-state index contributed by atoms with van der Waals surface area (Å²) in [6.45, 7) is 13.9. The normalized spacial score (nSPS) is 21.6. The van der Waals surface area contributed by atoms with Crippen molar-refractivity contribution in [1.29, 1.82) is 0 Å². The molecule has 4 aliphatic rings. The monoisotopic (exact) mass is 1190 g/mol. The molecule has 1 aromatic carbocycles. The number of likely N-dealkylation sites (N-methyl/N-ethyl adjacent to an activating group) is 1. The molecule has 3 fully saturated rings. The maximum absolute atomic E-state index is 14.5. The number of aliphatic hydroxyl groups is 1. The largest absolute Gasteiger partial charge is 0.396 e. The maximum Gasteiger partial charge on any atom is 0.312 e. The molecule has 13 atom stereocenters. The molecule has 1 saturated carbocycles. The highest BCUT2D eigenvalue weighted by Gasteiger charge is 2.46. The molecule has 7 amide bonds. The molecule has 3 heterocycles. The number of carbonyl (C=O) groups excluding carboxylic acids is 10. The van der Waals surface area contributed by atoms with Crippen molar-refractivity contribution in [3.63, 3.8) is 0 Å². The summed E-state index contributed by atoms with van der Waals surface area (Å²) in [6, 6.07) is 4.87. The molecule has 21 nitrogen and oxygen atoms in total. The van der Waals surface area contributed by atoms with Crippen LogP contribution in [0.4, 0.5) is 4.79 Å². The molecular formula is C64H99N7O14. The second-order valence-corrected chi connectivity index (χ2v) is 25.0. The third kappa shape index (κ3) is 19.9. The van der Waals surface area contributed by atoms with Crippen LogP contribution < -0.4 is 21.7 Å². The quantitative estimate of drug-likeness (QED) is 0.0441. The number of methoxy groups -OCH3 is 2. The first-order chi connectivity index (χ1) is 40.4. The second-order valence-electron chi connectivity index (χ2n) is 25.0. The van der Waals surface area contributed by atoms with Crippen LogP contribution in [-0.2, 0) is 70.2 Å². The molecule has 85 heavy (non-hydrogen) atoms. The number of imide groups is 1. The van der Waals surface area contributed by atoms with Crippen LogP contribution in [0.25, 0.3) is 0 Å². The number of aliphatic hydroxyl groups excluding tert-OH is 1. The lowest BCUT2D eigenvalue weighted by molar-refractivity contribution is -0.149. The van der Waals surface area contributed by atoms with Gasteiger partial charge in [0.2, 0.25) is 17.7 Å². The fraction of sp³-hybridized carbons (Fsp3) is 0.719. The molecule has 2 saturated heterocycles. The number of nitrogens with zero attached hydrogens (tertiary/aromatic N) is 3. The fourth-order valence-electron chi connectivity index (χ4n) is 13.2. The molecule has 1 aliphatic carbocycles. The van der Waals surface area contributed by atoms with Gasteiger partial charge in [0.05, 0.1) is 62.6 Å². The van der Waals surface area contributed by atoms with Gasteiger partial charge in [-0.1, -0.05) is 79.2 Å². The zero-order valence-electron chi connectivity index (χ0n) is 52.1. The van der Waals surface area contributed by atoms with E-state index in [1.54, 1.807) is 43.0 Å². The van der Waals surface area contributed by atoms with E-state index in [1.807, 2.05) is 46.8 Å². The first kappa shape index (κ1) is 70.0. The number of benzene rings is 1. The first-order valence-electron chi connectivity index (χ1n) is 31.0. The Bertz CT molecular complexity index is 2490. The van der Waals surface area contributed by atoms with E-state index >= 15 is 0 Å². The SMILES string of the molecule is CCC(C)C(C(CC(=O)N1CCCC1C(OC)C(C)C(=O)CC(CO)Cc1cccc(CC(=O)C(CCCNC(N)=O)NC(=O)C(CC(=O)CCOCCN2C(=O)C=CC2=O)C(C)C)c1)OC)N(C)C(=O)C(CC(=O)C1NC2CCC1C2)C(C)C. The Balaban J connectivity index is 1.18. The lowest BCUT2D eigenvalue weighted by Gasteiger charge is -2.41. The van der Waals surface area contributed by atoms with E-state index in [9.17, 15) is 53.1 Å². The van der Waals surface area contributed by atoms with Crippen molar-refractivity contribution >= 4 is 58.7 Å². The van der Waals surface area contributed by atoms with Crippen molar-refractivity contribution in [2.24, 2.45) is 53.1 Å². The zero-order valence-corrected chi connectivity index (χ0v) is 52.1. The minimum absolute atomic E-state index is 0.000407. The smallest absolute Gasteiger partial charge is 0.312 e. The Morgan fingerprint density at radius 3 is 2.15 bits per heavy atom. The number of primary amides is 1. The average molecular weight is 1190 g/mol. The summed E-state index contributed by atoms with van der Waals surface area (Å²) in [6.07, 6.45) is 7.02. The summed E-state index contributed by atoms with van der Waals surface area (Å²) < 4.78 is 17.7. The number of hydrogen-bond acceptors (Lipinski definition) is 15. The van der Waals surface area contributed by atoms with Crippen LogP contribution in [0.5, 0.6) is 0 Å². The molecule has 3 aliphatic heterocycles. The molecule has 0 aromatic heterocycles. The summed E-state index contributed by atoms with van der Waals surface area (Å²) in [5.74, 6) is -4.72. The van der Waals surface area contributed by atoms with Crippen LogP contribution >= 0.6 is 0 Å². The highest BCUT2D eigenvalue weighted by molar-refractivity contribution is 6.12. The number of urea groups is 1. The van der Waals surface area contributed by atoms with E-state index in [0.29, 0.717) is 49.8 Å². The van der Waals surface area contributed by atoms with Gasteiger partial charge in [0.15, 0.2) is 11.6 Å². The number of likely N-dealkylation sites (tertiary alicyclic amines) is 1. The number of amides is 7. The van der Waals surface area contributed by atoms with Gasteiger partial charge in [-0.05, 0) is 92.1 Å². The van der Waals surface area contributed by atoms with Crippen LogP contribution in [0.1, 0.15) is 143 Å². The predicted octanol–water partition coefficient (Wildman–Crippen LogP) is 4.70. The Morgan fingerprint density at radius 1 is 0.859 bits per heavy atom. The highest BCUT2D eigenvalue weighted by atomic mass is 16.5. The van der Waals surface area contributed by atoms with Crippen LogP contribution in [-0.4, -0.2) is 182 Å². The number of rotatable bonds is 39. The van der Waals surface area contributed by atoms with E-state index in [4.69, 9.17) is 19.9 Å². The van der Waals surface area contributed by atoms with Gasteiger partial charge in [-0.3, -0.25) is 48.1 Å². The molecule has 1 aromatic rings. The number of hydrogen-bond donors (Lipinski definition) is 5. The molecule has 5 rings (SSSR count). The molecule has 0 radical (unpaired) electrons. The molecule has 13 unspecified atom stereocenters. The molecule has 474 valence electrons. The zero-order chi connectivity index (χ0) is 62.7. The van der Waals surface area contributed by atoms with Crippen molar-refractivity contribution in [3.8, 4) is 0 Å². The van der Waals surface area contributed by atoms with Gasteiger partial charge < -0.3 is 50.8 Å². The van der Waals surface area contributed by atoms with Gasteiger partial charge in [0.1, 0.15) is 11.6 Å². The standard InChI is InChI=1S/C64H99N7O14/c1-11-40(6)60(69(8)63(81)49(39(4)5)35-54(76)59-45-19-20-46(33-45)67-59)55(83-9)36-58(79)70-25-14-18-51(70)61(84-10)41(7)52(74)32-44(37-72)30-42-15-12-16-43(29-42)31-53(75)50(17-13-24-66-64(65)82)68-62(80)48(38(2)3)34-47(73)23-27-85-28-26-71-56(77)21-22-57(71)78/h12,15-16,21-22,29,38-41,44-46,48-51,55,59-61,67,72H,11,13-14,17-20,23-28,30-37H2,1-10H3,(H,68,80)(H3,65,66,82). The topological polar surface area (TPSA) is 290 Å². The third-order valence-corrected chi connectivity index (χ3v) is 18.4. The van der Waals surface area contributed by atoms with Gasteiger partial charge in [0, 0.05) is 109 Å². The van der Waals surface area contributed by atoms with Crippen molar-refractivity contribution in [2.45, 2.75) is 187 Å². The van der Waals surface area contributed by atoms with Crippen LogP contribution in [0.3, 0.4) is 0 Å². The van der Waals surface area contributed by atoms with Crippen molar-refractivity contribution in [1.82, 2.24) is 30.7 Å². The molecular weight excluding hydrogens is 1090 g/mol. The summed E-state index contributed by atoms with van der Waals surface area (Å²) in [7, 11) is 4.87. The number of fused-ring (bicyclic) bond motifs is 2. The van der Waals surface area contributed by atoms with E-state index in [2.05, 4.69) is 22.9 Å². The van der Waals surface area contributed by atoms with Crippen molar-refractivity contribution in [3.05, 3.63) is 47.5 Å².